The molecule has 21 heavy (non-hydrogen) atoms. The maximum absolute atomic E-state index is 11.4. The number of hydrogen-bond donors (Lipinski definition) is 2. The van der Waals surface area contributed by atoms with Crippen LogP contribution in [0.4, 0.5) is 0 Å². The predicted molar refractivity (Wildman–Crippen MR) is 81.5 cm³/mol. The Bertz CT molecular complexity index is 497. The minimum absolute atomic E-state index is 0.259. The van der Waals surface area contributed by atoms with Crippen LogP contribution in [-0.2, 0) is 10.2 Å². The summed E-state index contributed by atoms with van der Waals surface area (Å²) in [6, 6.07) is 8.00. The van der Waals surface area contributed by atoms with Crippen LogP contribution in [0.5, 0.6) is 5.75 Å². The summed E-state index contributed by atoms with van der Waals surface area (Å²) in [6.07, 6.45) is 4.27. The second-order valence-corrected chi connectivity index (χ2v) is 6.35. The molecular weight excluding hydrogens is 266 g/mol. The van der Waals surface area contributed by atoms with Crippen LogP contribution in [0.15, 0.2) is 24.3 Å². The van der Waals surface area contributed by atoms with Crippen LogP contribution in [0.1, 0.15) is 37.7 Å². The average Bonchev–Trinajstić information content (AvgIpc) is 2.55. The molecule has 1 atom stereocenters. The van der Waals surface area contributed by atoms with E-state index in [0.717, 1.165) is 43.4 Å². The molecule has 0 spiro atoms. The maximum Gasteiger partial charge on any atom is 0.123 e. The molecule has 1 unspecified atom stereocenters. The van der Waals surface area contributed by atoms with Gasteiger partial charge in [0.15, 0.2) is 0 Å². The van der Waals surface area contributed by atoms with Gasteiger partial charge >= 0.3 is 0 Å². The van der Waals surface area contributed by atoms with Crippen molar-refractivity contribution in [3.63, 3.8) is 0 Å². The molecule has 1 heterocycles. The second-order valence-electron chi connectivity index (χ2n) is 6.35. The lowest BCUT2D eigenvalue weighted by molar-refractivity contribution is -0.103. The SMILES string of the molecule is COC1CCC(O)(C2(CN)CCOc3ccccc32)CC1. The van der Waals surface area contributed by atoms with Gasteiger partial charge in [-0.15, -0.1) is 0 Å². The molecule has 1 aromatic rings. The number of rotatable bonds is 3. The zero-order chi connectivity index (χ0) is 14.9. The number of fused-ring (bicyclic) bond motifs is 1. The number of hydrogen-bond acceptors (Lipinski definition) is 4. The van der Waals surface area contributed by atoms with Gasteiger partial charge in [-0.3, -0.25) is 0 Å². The van der Waals surface area contributed by atoms with Crippen LogP contribution < -0.4 is 10.5 Å². The zero-order valence-corrected chi connectivity index (χ0v) is 12.7. The van der Waals surface area contributed by atoms with Crippen LogP contribution in [0.2, 0.25) is 0 Å². The molecular formula is C17H25NO3. The molecule has 2 aliphatic rings. The minimum Gasteiger partial charge on any atom is -0.493 e. The highest BCUT2D eigenvalue weighted by molar-refractivity contribution is 5.44. The smallest absolute Gasteiger partial charge is 0.123 e. The molecule has 4 heteroatoms. The van der Waals surface area contributed by atoms with E-state index in [-0.39, 0.29) is 6.10 Å². The summed E-state index contributed by atoms with van der Waals surface area (Å²) in [5, 5.41) is 11.4. The van der Waals surface area contributed by atoms with Crippen LogP contribution in [0.25, 0.3) is 0 Å². The quantitative estimate of drug-likeness (QED) is 0.894. The number of methoxy groups -OCH3 is 1. The molecule has 0 saturated heterocycles. The van der Waals surface area contributed by atoms with Crippen molar-refractivity contribution in [1.82, 2.24) is 0 Å². The van der Waals surface area contributed by atoms with Crippen molar-refractivity contribution in [2.24, 2.45) is 5.73 Å². The first-order valence-corrected chi connectivity index (χ1v) is 7.83. The number of ether oxygens (including phenoxy) is 2. The van der Waals surface area contributed by atoms with Gasteiger partial charge in [0.05, 0.1) is 18.3 Å². The third kappa shape index (κ3) is 2.26. The lowest BCUT2D eigenvalue weighted by atomic mass is 9.59. The van der Waals surface area contributed by atoms with Gasteiger partial charge in [-0.05, 0) is 38.2 Å². The van der Waals surface area contributed by atoms with E-state index in [1.165, 1.54) is 0 Å². The number of nitrogens with two attached hydrogens (primary N) is 1. The molecule has 4 nitrogen and oxygen atoms in total. The Kier molecular flexibility index (Phi) is 3.95. The molecule has 1 aliphatic carbocycles. The lowest BCUT2D eigenvalue weighted by Crippen LogP contribution is -2.59. The molecule has 1 fully saturated rings. The monoisotopic (exact) mass is 291 g/mol. The van der Waals surface area contributed by atoms with E-state index in [1.54, 1.807) is 7.11 Å². The summed E-state index contributed by atoms with van der Waals surface area (Å²) in [6.45, 7) is 1.06. The fourth-order valence-corrected chi connectivity index (χ4v) is 4.13. The molecule has 1 saturated carbocycles. The lowest BCUT2D eigenvalue weighted by Gasteiger charge is -2.52. The van der Waals surface area contributed by atoms with Gasteiger partial charge in [-0.2, -0.15) is 0 Å². The van der Waals surface area contributed by atoms with Crippen molar-refractivity contribution in [2.75, 3.05) is 20.3 Å². The molecule has 1 aliphatic heterocycles. The second kappa shape index (κ2) is 5.59. The summed E-state index contributed by atoms with van der Waals surface area (Å²) < 4.78 is 11.2. The summed E-state index contributed by atoms with van der Waals surface area (Å²) >= 11 is 0. The van der Waals surface area contributed by atoms with Gasteiger partial charge < -0.3 is 20.3 Å². The normalized spacial score (nSPS) is 35.9. The molecule has 3 N–H and O–H groups in total. The molecule has 0 amide bonds. The van der Waals surface area contributed by atoms with E-state index in [1.807, 2.05) is 18.2 Å². The van der Waals surface area contributed by atoms with Gasteiger partial charge in [0.1, 0.15) is 5.75 Å². The van der Waals surface area contributed by atoms with Crippen molar-refractivity contribution in [3.05, 3.63) is 29.8 Å². The number of para-hydroxylation sites is 1. The standard InChI is InChI=1S/C17H25NO3/c1-20-13-6-8-17(19,9-7-13)16(12-18)10-11-21-15-5-3-2-4-14(15)16/h2-5,13,19H,6-12,18H2,1H3. The molecule has 0 radical (unpaired) electrons. The first kappa shape index (κ1) is 14.8. The van der Waals surface area contributed by atoms with Gasteiger partial charge in [-0.1, -0.05) is 18.2 Å². The highest BCUT2D eigenvalue weighted by Crippen LogP contribution is 2.50. The third-order valence-corrected chi connectivity index (χ3v) is 5.52. The Balaban J connectivity index is 1.98. The fourth-order valence-electron chi connectivity index (χ4n) is 4.13. The predicted octanol–water partition coefficient (Wildman–Crippen LogP) is 1.99. The molecule has 1 aromatic carbocycles. The van der Waals surface area contributed by atoms with E-state index >= 15 is 0 Å². The minimum atomic E-state index is -0.767. The number of benzene rings is 1. The first-order chi connectivity index (χ1) is 10.1. The average molecular weight is 291 g/mol. The first-order valence-electron chi connectivity index (χ1n) is 7.83. The van der Waals surface area contributed by atoms with Gasteiger partial charge in [0, 0.05) is 24.6 Å². The summed E-state index contributed by atoms with van der Waals surface area (Å²) in [7, 11) is 1.75. The van der Waals surface area contributed by atoms with Crippen molar-refractivity contribution in [3.8, 4) is 5.75 Å². The van der Waals surface area contributed by atoms with E-state index in [4.69, 9.17) is 15.2 Å². The molecule has 0 aromatic heterocycles. The largest absolute Gasteiger partial charge is 0.493 e. The Hall–Kier alpha value is -1.10. The maximum atomic E-state index is 11.4. The van der Waals surface area contributed by atoms with Crippen molar-refractivity contribution in [1.29, 1.82) is 0 Å². The van der Waals surface area contributed by atoms with Gasteiger partial charge in [0.2, 0.25) is 0 Å². The molecule has 0 bridgehead atoms. The molecule has 116 valence electrons. The highest BCUT2D eigenvalue weighted by Gasteiger charge is 2.54. The summed E-state index contributed by atoms with van der Waals surface area (Å²) in [4.78, 5) is 0. The van der Waals surface area contributed by atoms with Crippen LogP contribution >= 0.6 is 0 Å². The molecule has 3 rings (SSSR count). The van der Waals surface area contributed by atoms with E-state index in [9.17, 15) is 5.11 Å². The highest BCUT2D eigenvalue weighted by atomic mass is 16.5. The van der Waals surface area contributed by atoms with Gasteiger partial charge in [0.25, 0.3) is 0 Å². The van der Waals surface area contributed by atoms with Crippen molar-refractivity contribution < 1.29 is 14.6 Å². The third-order valence-electron chi connectivity index (χ3n) is 5.52. The van der Waals surface area contributed by atoms with E-state index < -0.39 is 11.0 Å². The van der Waals surface area contributed by atoms with Gasteiger partial charge in [-0.25, -0.2) is 0 Å². The Morgan fingerprint density at radius 3 is 2.67 bits per heavy atom. The van der Waals surface area contributed by atoms with Crippen LogP contribution in [0, 0.1) is 0 Å². The Labute approximate surface area is 126 Å². The summed E-state index contributed by atoms with van der Waals surface area (Å²) in [5.74, 6) is 0.872. The Morgan fingerprint density at radius 1 is 1.29 bits per heavy atom. The fraction of sp³-hybridized carbons (Fsp3) is 0.647. The van der Waals surface area contributed by atoms with Crippen molar-refractivity contribution in [2.45, 2.75) is 49.2 Å². The van der Waals surface area contributed by atoms with Crippen molar-refractivity contribution >= 4 is 0 Å². The van der Waals surface area contributed by atoms with Crippen LogP contribution in [0.3, 0.4) is 0 Å². The number of aliphatic hydroxyl groups is 1. The summed E-state index contributed by atoms with van der Waals surface area (Å²) in [5.41, 5.74) is 6.09. The van der Waals surface area contributed by atoms with E-state index in [2.05, 4.69) is 6.07 Å². The van der Waals surface area contributed by atoms with Crippen LogP contribution in [-0.4, -0.2) is 37.1 Å². The zero-order valence-electron chi connectivity index (χ0n) is 12.7. The van der Waals surface area contributed by atoms with E-state index in [0.29, 0.717) is 13.2 Å². The topological polar surface area (TPSA) is 64.7 Å². The Morgan fingerprint density at radius 2 is 2.00 bits per heavy atom.